The average Bonchev–Trinajstić information content (AvgIpc) is 3.63. The van der Waals surface area contributed by atoms with Gasteiger partial charge in [0.2, 0.25) is 17.7 Å². The molecular formula is C30H33N3O4. The van der Waals surface area contributed by atoms with Gasteiger partial charge in [0.25, 0.3) is 0 Å². The summed E-state index contributed by atoms with van der Waals surface area (Å²) in [4.78, 5) is 43.5. The van der Waals surface area contributed by atoms with Crippen LogP contribution in [-0.2, 0) is 25.7 Å². The number of para-hydroxylation sites is 1. The van der Waals surface area contributed by atoms with Crippen LogP contribution in [0, 0.1) is 18.8 Å². The fraction of sp³-hybridized carbons (Fsp3) is 0.433. The normalized spacial score (nSPS) is 32.1. The Morgan fingerprint density at radius 1 is 1.00 bits per heavy atom. The molecule has 7 nitrogen and oxygen atoms in total. The Kier molecular flexibility index (Phi) is 5.71. The monoisotopic (exact) mass is 499 g/mol. The zero-order chi connectivity index (χ0) is 25.8. The number of nitrogens with one attached hydrogen (secondary N) is 2. The Labute approximate surface area is 217 Å². The lowest BCUT2D eigenvalue weighted by Gasteiger charge is -2.34. The average molecular weight is 500 g/mol. The highest BCUT2D eigenvalue weighted by Crippen LogP contribution is 2.60. The predicted molar refractivity (Wildman–Crippen MR) is 139 cm³/mol. The maximum atomic E-state index is 14.3. The molecule has 3 fully saturated rings. The van der Waals surface area contributed by atoms with Crippen molar-refractivity contribution in [3.63, 3.8) is 0 Å². The van der Waals surface area contributed by atoms with Crippen molar-refractivity contribution in [3.05, 3.63) is 77.9 Å². The van der Waals surface area contributed by atoms with E-state index in [1.807, 2.05) is 80.6 Å². The summed E-state index contributed by atoms with van der Waals surface area (Å²) in [7, 11) is 0. The van der Waals surface area contributed by atoms with E-state index >= 15 is 0 Å². The van der Waals surface area contributed by atoms with Gasteiger partial charge < -0.3 is 15.4 Å². The minimum Gasteiger partial charge on any atom is -0.356 e. The molecule has 3 amide bonds. The topological polar surface area (TPSA) is 87.7 Å². The molecule has 2 aromatic rings. The van der Waals surface area contributed by atoms with Crippen LogP contribution in [0.2, 0.25) is 0 Å². The molecule has 7 heteroatoms. The summed E-state index contributed by atoms with van der Waals surface area (Å²) in [6, 6.07) is 16.5. The van der Waals surface area contributed by atoms with Crippen molar-refractivity contribution in [1.29, 1.82) is 0 Å². The van der Waals surface area contributed by atoms with Crippen molar-refractivity contribution in [2.24, 2.45) is 11.8 Å². The summed E-state index contributed by atoms with van der Waals surface area (Å²) >= 11 is 0. The standard InChI is InChI=1S/C30H33N3O4/c1-19-10-6-9-15-22(19)33-25(27(35)32-21-13-7-8-14-21)30-17-16-29(2,37-30)23(24(30)28(33)36)26(34)31-18-20-11-4-3-5-12-20/h3-6,9-12,15-17,21,23-25H,7-8,13-14,18H2,1-2H3,(H,31,34)(H,32,35)/t23-,24+,25-,29-,30+/m1/s1. The predicted octanol–water partition coefficient (Wildman–Crippen LogP) is 3.42. The van der Waals surface area contributed by atoms with Gasteiger partial charge in [-0.2, -0.15) is 0 Å². The molecule has 37 heavy (non-hydrogen) atoms. The van der Waals surface area contributed by atoms with Crippen LogP contribution in [0.1, 0.15) is 43.7 Å². The van der Waals surface area contributed by atoms with Crippen LogP contribution >= 0.6 is 0 Å². The highest BCUT2D eigenvalue weighted by Gasteiger charge is 2.76. The number of rotatable bonds is 6. The number of amides is 3. The number of nitrogens with zero attached hydrogens (tertiary/aromatic N) is 1. The third kappa shape index (κ3) is 3.71. The molecule has 2 saturated heterocycles. The van der Waals surface area contributed by atoms with Gasteiger partial charge in [0, 0.05) is 18.3 Å². The van der Waals surface area contributed by atoms with Gasteiger partial charge in [-0.3, -0.25) is 19.3 Å². The first kappa shape index (κ1) is 23.9. The first-order chi connectivity index (χ1) is 17.8. The van der Waals surface area contributed by atoms with Gasteiger partial charge in [0.1, 0.15) is 11.6 Å². The molecule has 4 aliphatic rings. The van der Waals surface area contributed by atoms with Crippen LogP contribution < -0.4 is 15.5 Å². The second-order valence-corrected chi connectivity index (χ2v) is 11.0. The molecule has 2 bridgehead atoms. The second-order valence-electron chi connectivity index (χ2n) is 11.0. The van der Waals surface area contributed by atoms with Crippen LogP contribution in [0.25, 0.3) is 0 Å². The molecule has 5 atom stereocenters. The molecule has 6 rings (SSSR count). The van der Waals surface area contributed by atoms with Crippen molar-refractivity contribution >= 4 is 23.4 Å². The van der Waals surface area contributed by atoms with E-state index in [0.717, 1.165) is 36.8 Å². The molecule has 3 aliphatic heterocycles. The van der Waals surface area contributed by atoms with E-state index in [4.69, 9.17) is 4.74 Å². The van der Waals surface area contributed by atoms with Crippen molar-refractivity contribution in [2.75, 3.05) is 4.90 Å². The second kappa shape index (κ2) is 8.84. The summed E-state index contributed by atoms with van der Waals surface area (Å²) in [5.74, 6) is -2.24. The molecule has 2 aromatic carbocycles. The van der Waals surface area contributed by atoms with E-state index < -0.39 is 29.1 Å². The smallest absolute Gasteiger partial charge is 0.246 e. The molecule has 192 valence electrons. The van der Waals surface area contributed by atoms with Gasteiger partial charge in [-0.05, 0) is 43.9 Å². The van der Waals surface area contributed by atoms with Crippen molar-refractivity contribution in [3.8, 4) is 0 Å². The molecule has 2 N–H and O–H groups in total. The van der Waals surface area contributed by atoms with E-state index in [-0.39, 0.29) is 23.8 Å². The fourth-order valence-corrected chi connectivity index (χ4v) is 6.87. The number of hydrogen-bond acceptors (Lipinski definition) is 4. The van der Waals surface area contributed by atoms with E-state index in [2.05, 4.69) is 10.6 Å². The first-order valence-electron chi connectivity index (χ1n) is 13.3. The summed E-state index contributed by atoms with van der Waals surface area (Å²) in [5.41, 5.74) is 0.372. The SMILES string of the molecule is Cc1ccccc1N1C(=O)[C@@H]2[C@H](C(=O)NCc3ccccc3)[C@@]3(C)C=C[C@@]2(O3)[C@H]1C(=O)NC1CCCC1. The number of carbonyl (C=O) groups excluding carboxylic acids is 3. The summed E-state index contributed by atoms with van der Waals surface area (Å²) < 4.78 is 6.62. The van der Waals surface area contributed by atoms with Crippen LogP contribution in [0.4, 0.5) is 5.69 Å². The van der Waals surface area contributed by atoms with Gasteiger partial charge in [-0.1, -0.05) is 73.5 Å². The minimum absolute atomic E-state index is 0.0971. The van der Waals surface area contributed by atoms with Gasteiger partial charge in [-0.15, -0.1) is 0 Å². The highest BCUT2D eigenvalue weighted by molar-refractivity contribution is 6.10. The first-order valence-corrected chi connectivity index (χ1v) is 13.3. The van der Waals surface area contributed by atoms with Crippen LogP contribution in [0.5, 0.6) is 0 Å². The lowest BCUT2D eigenvalue weighted by Crippen LogP contribution is -2.56. The van der Waals surface area contributed by atoms with Crippen molar-refractivity contribution < 1.29 is 19.1 Å². The lowest BCUT2D eigenvalue weighted by molar-refractivity contribution is -0.134. The Balaban J connectivity index is 1.37. The Bertz CT molecular complexity index is 1270. The zero-order valence-corrected chi connectivity index (χ0v) is 21.3. The number of aryl methyl sites for hydroxylation is 1. The number of carbonyl (C=O) groups is 3. The van der Waals surface area contributed by atoms with Gasteiger partial charge >= 0.3 is 0 Å². The molecule has 0 aromatic heterocycles. The Hall–Kier alpha value is -3.45. The number of anilines is 1. The highest BCUT2D eigenvalue weighted by atomic mass is 16.5. The Morgan fingerprint density at radius 2 is 1.70 bits per heavy atom. The summed E-state index contributed by atoms with van der Waals surface area (Å²) in [6.07, 6.45) is 7.79. The van der Waals surface area contributed by atoms with E-state index in [9.17, 15) is 14.4 Å². The summed E-state index contributed by atoms with van der Waals surface area (Å²) in [6.45, 7) is 4.14. The molecule has 0 radical (unpaired) electrons. The van der Waals surface area contributed by atoms with E-state index in [0.29, 0.717) is 12.2 Å². The number of fused-ring (bicyclic) bond motifs is 1. The molecule has 0 unspecified atom stereocenters. The number of hydrogen-bond donors (Lipinski definition) is 2. The van der Waals surface area contributed by atoms with Gasteiger partial charge in [-0.25, -0.2) is 0 Å². The van der Waals surface area contributed by atoms with Crippen LogP contribution in [0.3, 0.4) is 0 Å². The van der Waals surface area contributed by atoms with Gasteiger partial charge in [0.05, 0.1) is 17.4 Å². The molecular weight excluding hydrogens is 466 g/mol. The maximum Gasteiger partial charge on any atom is 0.246 e. The molecule has 1 spiro atoms. The maximum absolute atomic E-state index is 14.3. The number of benzene rings is 2. The van der Waals surface area contributed by atoms with Crippen molar-refractivity contribution in [1.82, 2.24) is 10.6 Å². The third-order valence-electron chi connectivity index (χ3n) is 8.61. The lowest BCUT2D eigenvalue weighted by atomic mass is 9.70. The number of ether oxygens (including phenoxy) is 1. The molecule has 1 saturated carbocycles. The fourth-order valence-electron chi connectivity index (χ4n) is 6.87. The largest absolute Gasteiger partial charge is 0.356 e. The van der Waals surface area contributed by atoms with E-state index in [1.54, 1.807) is 4.90 Å². The minimum atomic E-state index is -1.20. The van der Waals surface area contributed by atoms with Crippen LogP contribution in [-0.4, -0.2) is 41.0 Å². The van der Waals surface area contributed by atoms with Crippen LogP contribution in [0.15, 0.2) is 66.7 Å². The Morgan fingerprint density at radius 3 is 2.43 bits per heavy atom. The van der Waals surface area contributed by atoms with Gasteiger partial charge in [0.15, 0.2) is 0 Å². The van der Waals surface area contributed by atoms with E-state index in [1.165, 1.54) is 0 Å². The zero-order valence-electron chi connectivity index (χ0n) is 21.3. The van der Waals surface area contributed by atoms with Crippen molar-refractivity contribution in [2.45, 2.75) is 69.4 Å². The quantitative estimate of drug-likeness (QED) is 0.597. The molecule has 3 heterocycles. The third-order valence-corrected chi connectivity index (χ3v) is 8.61. The summed E-state index contributed by atoms with van der Waals surface area (Å²) in [5, 5.41) is 6.23. The molecule has 1 aliphatic carbocycles.